The molecule has 1 aromatic rings. The fourth-order valence-electron chi connectivity index (χ4n) is 0.844. The van der Waals surface area contributed by atoms with Crippen LogP contribution in [0.15, 0.2) is 30.3 Å². The van der Waals surface area contributed by atoms with Crippen LogP contribution in [0.5, 0.6) is 0 Å². The quantitative estimate of drug-likeness (QED) is 0.831. The molecule has 0 unspecified atom stereocenters. The van der Waals surface area contributed by atoms with E-state index in [1.165, 1.54) is 6.42 Å². The van der Waals surface area contributed by atoms with E-state index in [1.807, 2.05) is 30.3 Å². The van der Waals surface area contributed by atoms with E-state index in [9.17, 15) is 4.79 Å². The minimum atomic E-state index is -0.439. The van der Waals surface area contributed by atoms with E-state index >= 15 is 0 Å². The molecule has 0 saturated carbocycles. The van der Waals surface area contributed by atoms with Crippen LogP contribution in [0, 0.1) is 0 Å². The highest BCUT2D eigenvalue weighted by Crippen LogP contribution is 1.99. The van der Waals surface area contributed by atoms with Crippen molar-refractivity contribution in [1.82, 2.24) is 0 Å². The molecule has 1 amide bonds. The Morgan fingerprint density at radius 1 is 1.33 bits per heavy atom. The summed E-state index contributed by atoms with van der Waals surface area (Å²) in [5.74, 6) is -0.439. The lowest BCUT2D eigenvalue weighted by molar-refractivity contribution is -0.122. The van der Waals surface area contributed by atoms with E-state index in [0.29, 0.717) is 6.61 Å². The van der Waals surface area contributed by atoms with Crippen LogP contribution in [0.2, 0.25) is 0 Å². The van der Waals surface area contributed by atoms with Crippen molar-refractivity contribution >= 4 is 5.91 Å². The Bertz CT molecular complexity index is 265. The fraction of sp³-hybridized carbons (Fsp3) is 0.417. The van der Waals surface area contributed by atoms with Gasteiger partial charge in [0.15, 0.2) is 0 Å². The van der Waals surface area contributed by atoms with Crippen LogP contribution in [-0.4, -0.2) is 12.5 Å². The molecule has 1 rings (SSSR count). The first kappa shape index (κ1) is 13.7. The normalized spacial score (nSPS) is 8.93. The molecule has 0 saturated heterocycles. The van der Waals surface area contributed by atoms with Gasteiger partial charge in [0.2, 0.25) is 5.91 Å². The van der Waals surface area contributed by atoms with Gasteiger partial charge in [-0.3, -0.25) is 4.79 Å². The predicted octanol–water partition coefficient (Wildman–Crippen LogP) is 2.35. The van der Waals surface area contributed by atoms with Gasteiger partial charge in [-0.15, -0.1) is 0 Å². The Balaban J connectivity index is 0. The Hall–Kier alpha value is -1.35. The van der Waals surface area contributed by atoms with Crippen molar-refractivity contribution in [1.29, 1.82) is 0 Å². The molecule has 0 radical (unpaired) electrons. The van der Waals surface area contributed by atoms with Crippen molar-refractivity contribution in [3.05, 3.63) is 35.9 Å². The van der Waals surface area contributed by atoms with Gasteiger partial charge in [-0.05, 0) is 5.56 Å². The maximum atomic E-state index is 10.3. The molecule has 0 aliphatic rings. The molecule has 3 heteroatoms. The summed E-state index contributed by atoms with van der Waals surface area (Å²) in [6.07, 6.45) is 1.25. The number of carbonyl (C=O) groups is 1. The van der Waals surface area contributed by atoms with Crippen molar-refractivity contribution in [3.8, 4) is 0 Å². The molecule has 0 spiro atoms. The maximum Gasteiger partial charge on any atom is 0.243 e. The molecule has 0 heterocycles. The van der Waals surface area contributed by atoms with Crippen LogP contribution in [0.4, 0.5) is 0 Å². The first-order valence-corrected chi connectivity index (χ1v) is 5.10. The third-order valence-corrected chi connectivity index (χ3v) is 1.36. The maximum absolute atomic E-state index is 10.3. The Morgan fingerprint density at radius 2 is 1.87 bits per heavy atom. The monoisotopic (exact) mass is 211 g/mol. The molecule has 2 N–H and O–H groups in total. The van der Waals surface area contributed by atoms with E-state index in [1.54, 1.807) is 0 Å². The minimum Gasteiger partial charge on any atom is -0.368 e. The van der Waals surface area contributed by atoms with E-state index in [2.05, 4.69) is 13.8 Å². The largest absolute Gasteiger partial charge is 0.368 e. The standard InChI is InChI=1S/C9H11NO2.C3H8.H2/c10-9(11)7-12-6-8-4-2-1-3-5-8;1-3-2;/h1-5H,6-7H2,(H2,10,11);3H2,1-2H3;1H. The fourth-order valence-corrected chi connectivity index (χ4v) is 0.844. The number of nitrogens with two attached hydrogens (primary N) is 1. The average Bonchev–Trinajstić information content (AvgIpc) is 2.20. The van der Waals surface area contributed by atoms with E-state index < -0.39 is 5.91 Å². The Morgan fingerprint density at radius 3 is 2.33 bits per heavy atom. The molecule has 0 aliphatic heterocycles. The molecule has 0 aliphatic carbocycles. The van der Waals surface area contributed by atoms with E-state index in [4.69, 9.17) is 10.5 Å². The van der Waals surface area contributed by atoms with Gasteiger partial charge in [0.05, 0.1) is 6.61 Å². The van der Waals surface area contributed by atoms with Crippen LogP contribution in [0.3, 0.4) is 0 Å². The molecule has 0 atom stereocenters. The molecule has 0 bridgehead atoms. The van der Waals surface area contributed by atoms with Crippen molar-refractivity contribution in [2.45, 2.75) is 26.9 Å². The summed E-state index contributed by atoms with van der Waals surface area (Å²) in [5.41, 5.74) is 5.93. The summed E-state index contributed by atoms with van der Waals surface area (Å²) in [6.45, 7) is 4.67. The van der Waals surface area contributed by atoms with E-state index in [-0.39, 0.29) is 8.03 Å². The first-order valence-electron chi connectivity index (χ1n) is 5.10. The summed E-state index contributed by atoms with van der Waals surface area (Å²) in [6, 6.07) is 9.63. The number of carbonyl (C=O) groups excluding carboxylic acids is 1. The molecular formula is C12H21NO2. The molecular weight excluding hydrogens is 190 g/mol. The second-order valence-corrected chi connectivity index (χ2v) is 3.15. The van der Waals surface area contributed by atoms with Crippen molar-refractivity contribution in [2.75, 3.05) is 6.61 Å². The summed E-state index contributed by atoms with van der Waals surface area (Å²) in [4.78, 5) is 10.3. The topological polar surface area (TPSA) is 52.3 Å². The van der Waals surface area contributed by atoms with Gasteiger partial charge >= 0.3 is 0 Å². The Kier molecular flexibility index (Phi) is 8.39. The molecule has 0 fully saturated rings. The van der Waals surface area contributed by atoms with Crippen LogP contribution < -0.4 is 5.73 Å². The summed E-state index contributed by atoms with van der Waals surface area (Å²) < 4.78 is 5.01. The molecule has 3 nitrogen and oxygen atoms in total. The van der Waals surface area contributed by atoms with E-state index in [0.717, 1.165) is 5.56 Å². The summed E-state index contributed by atoms with van der Waals surface area (Å²) in [7, 11) is 0. The zero-order chi connectivity index (χ0) is 11.5. The highest BCUT2D eigenvalue weighted by molar-refractivity contribution is 5.74. The lowest BCUT2D eigenvalue weighted by Gasteiger charge is -2.00. The number of ether oxygens (including phenoxy) is 1. The van der Waals surface area contributed by atoms with Crippen LogP contribution in [0.25, 0.3) is 0 Å². The van der Waals surface area contributed by atoms with Gasteiger partial charge in [0.25, 0.3) is 0 Å². The lowest BCUT2D eigenvalue weighted by atomic mass is 10.2. The highest BCUT2D eigenvalue weighted by Gasteiger charge is 1.94. The van der Waals surface area contributed by atoms with Crippen molar-refractivity contribution in [2.24, 2.45) is 5.73 Å². The second-order valence-electron chi connectivity index (χ2n) is 3.15. The zero-order valence-corrected chi connectivity index (χ0v) is 9.40. The zero-order valence-electron chi connectivity index (χ0n) is 9.40. The number of benzene rings is 1. The second kappa shape index (κ2) is 9.21. The Labute approximate surface area is 92.7 Å². The van der Waals surface area contributed by atoms with Gasteiger partial charge < -0.3 is 10.5 Å². The lowest BCUT2D eigenvalue weighted by Crippen LogP contribution is -2.17. The minimum absolute atomic E-state index is 0. The first-order chi connectivity index (χ1) is 7.20. The van der Waals surface area contributed by atoms with Gasteiger partial charge in [-0.2, -0.15) is 0 Å². The number of hydrogen-bond donors (Lipinski definition) is 1. The summed E-state index contributed by atoms with van der Waals surface area (Å²) in [5, 5.41) is 0. The highest BCUT2D eigenvalue weighted by atomic mass is 16.5. The molecule has 15 heavy (non-hydrogen) atoms. The smallest absolute Gasteiger partial charge is 0.243 e. The SMILES string of the molecule is CCC.NC(=O)COCc1ccccc1.[HH]. The van der Waals surface area contributed by atoms with Crippen molar-refractivity contribution in [3.63, 3.8) is 0 Å². The summed E-state index contributed by atoms with van der Waals surface area (Å²) >= 11 is 0. The van der Waals surface area contributed by atoms with Gasteiger partial charge in [0, 0.05) is 1.43 Å². The van der Waals surface area contributed by atoms with Gasteiger partial charge in [-0.1, -0.05) is 50.6 Å². The predicted molar refractivity (Wildman–Crippen MR) is 63.4 cm³/mol. The van der Waals surface area contributed by atoms with Crippen LogP contribution in [0.1, 0.15) is 27.3 Å². The molecule has 86 valence electrons. The van der Waals surface area contributed by atoms with Crippen molar-refractivity contribution < 1.29 is 11.0 Å². The average molecular weight is 211 g/mol. The third kappa shape index (κ3) is 8.97. The number of primary amides is 1. The van der Waals surface area contributed by atoms with Gasteiger partial charge in [0.1, 0.15) is 6.61 Å². The molecule has 0 aromatic heterocycles. The van der Waals surface area contributed by atoms with Crippen LogP contribution >= 0.6 is 0 Å². The number of rotatable bonds is 4. The molecule has 1 aromatic carbocycles. The third-order valence-electron chi connectivity index (χ3n) is 1.36. The number of amides is 1. The van der Waals surface area contributed by atoms with Crippen LogP contribution in [-0.2, 0) is 16.1 Å². The van der Waals surface area contributed by atoms with Gasteiger partial charge in [-0.25, -0.2) is 0 Å². The number of hydrogen-bond acceptors (Lipinski definition) is 2.